The van der Waals surface area contributed by atoms with Crippen LogP contribution in [0.4, 0.5) is 10.5 Å². The summed E-state index contributed by atoms with van der Waals surface area (Å²) in [5, 5.41) is 9.30. The zero-order valence-electron chi connectivity index (χ0n) is 14.5. The molecule has 1 aromatic heterocycles. The van der Waals surface area contributed by atoms with Gasteiger partial charge in [0.25, 0.3) is 0 Å². The number of benzene rings is 1. The van der Waals surface area contributed by atoms with Gasteiger partial charge in [-0.15, -0.1) is 0 Å². The molecular formula is C17H23N5O3. The number of urea groups is 1. The molecule has 8 heteroatoms. The van der Waals surface area contributed by atoms with Crippen LogP contribution in [0.3, 0.4) is 0 Å². The first-order chi connectivity index (χ1) is 12.2. The van der Waals surface area contributed by atoms with Crippen molar-refractivity contribution >= 4 is 11.7 Å². The number of para-hydroxylation sites is 2. The topological polar surface area (TPSA) is 92.5 Å². The largest absolute Gasteiger partial charge is 0.495 e. The number of hydrogen-bond donors (Lipinski definition) is 2. The molecule has 25 heavy (non-hydrogen) atoms. The summed E-state index contributed by atoms with van der Waals surface area (Å²) < 4.78 is 10.4. The quantitative estimate of drug-likeness (QED) is 0.828. The second-order valence-electron chi connectivity index (χ2n) is 6.07. The fraction of sp³-hybridized carbons (Fsp3) is 0.471. The van der Waals surface area contributed by atoms with Crippen LogP contribution in [0.5, 0.6) is 5.75 Å². The highest BCUT2D eigenvalue weighted by molar-refractivity contribution is 5.73. The van der Waals surface area contributed by atoms with Crippen LogP contribution in [-0.2, 0) is 6.54 Å². The highest BCUT2D eigenvalue weighted by atomic mass is 16.5. The molecule has 0 bridgehead atoms. The normalized spacial score (nSPS) is 16.7. The Hall–Kier alpha value is -2.77. The van der Waals surface area contributed by atoms with Crippen LogP contribution >= 0.6 is 0 Å². The first kappa shape index (κ1) is 17.1. The highest BCUT2D eigenvalue weighted by Crippen LogP contribution is 2.31. The third-order valence-electron chi connectivity index (χ3n) is 4.23. The molecule has 1 aromatic carbocycles. The van der Waals surface area contributed by atoms with Gasteiger partial charge in [0.15, 0.2) is 5.82 Å². The number of amides is 2. The summed E-state index contributed by atoms with van der Waals surface area (Å²) in [5.74, 6) is 2.24. The van der Waals surface area contributed by atoms with E-state index >= 15 is 0 Å². The molecule has 3 rings (SSSR count). The van der Waals surface area contributed by atoms with E-state index in [1.165, 1.54) is 0 Å². The smallest absolute Gasteiger partial charge is 0.315 e. The maximum atomic E-state index is 11.9. The molecule has 1 aliphatic heterocycles. The molecule has 2 N–H and O–H groups in total. The first-order valence-corrected chi connectivity index (χ1v) is 8.34. The number of carbonyl (C=O) groups excluding carboxylic acids is 1. The third-order valence-corrected chi connectivity index (χ3v) is 4.23. The van der Waals surface area contributed by atoms with Crippen LogP contribution in [0.2, 0.25) is 0 Å². The van der Waals surface area contributed by atoms with Gasteiger partial charge in [0.05, 0.1) is 19.3 Å². The summed E-state index contributed by atoms with van der Waals surface area (Å²) in [6.45, 7) is 4.44. The van der Waals surface area contributed by atoms with Gasteiger partial charge in [-0.05, 0) is 31.4 Å². The molecule has 1 saturated heterocycles. The van der Waals surface area contributed by atoms with Crippen molar-refractivity contribution in [1.82, 2.24) is 20.8 Å². The second-order valence-corrected chi connectivity index (χ2v) is 6.07. The Morgan fingerprint density at radius 2 is 2.24 bits per heavy atom. The van der Waals surface area contributed by atoms with Crippen molar-refractivity contribution in [1.29, 1.82) is 0 Å². The van der Waals surface area contributed by atoms with Crippen LogP contribution in [0, 0.1) is 12.8 Å². The minimum absolute atomic E-state index is 0.227. The third kappa shape index (κ3) is 4.40. The van der Waals surface area contributed by atoms with E-state index in [2.05, 4.69) is 31.7 Å². The Balaban J connectivity index is 1.43. The van der Waals surface area contributed by atoms with Gasteiger partial charge >= 0.3 is 6.03 Å². The SMILES string of the molecule is COc1ccccc1N1CCC(CNC(=O)NCc2nc(C)no2)C1. The van der Waals surface area contributed by atoms with E-state index in [0.717, 1.165) is 30.9 Å². The summed E-state index contributed by atoms with van der Waals surface area (Å²) in [7, 11) is 1.68. The van der Waals surface area contributed by atoms with Gasteiger partial charge in [-0.2, -0.15) is 4.98 Å². The summed E-state index contributed by atoms with van der Waals surface area (Å²) in [4.78, 5) is 18.2. The lowest BCUT2D eigenvalue weighted by Crippen LogP contribution is -2.38. The number of anilines is 1. The summed E-state index contributed by atoms with van der Waals surface area (Å²) in [6, 6.07) is 7.77. The van der Waals surface area contributed by atoms with Gasteiger partial charge < -0.3 is 24.8 Å². The lowest BCUT2D eigenvalue weighted by atomic mass is 10.1. The molecule has 8 nitrogen and oxygen atoms in total. The van der Waals surface area contributed by atoms with E-state index < -0.39 is 0 Å². The van der Waals surface area contributed by atoms with Gasteiger partial charge in [-0.3, -0.25) is 0 Å². The molecule has 2 amide bonds. The molecule has 1 atom stereocenters. The van der Waals surface area contributed by atoms with Gasteiger partial charge in [0.2, 0.25) is 5.89 Å². The lowest BCUT2D eigenvalue weighted by molar-refractivity contribution is 0.237. The van der Waals surface area contributed by atoms with Gasteiger partial charge in [-0.25, -0.2) is 4.79 Å². The maximum absolute atomic E-state index is 11.9. The van der Waals surface area contributed by atoms with E-state index in [4.69, 9.17) is 9.26 Å². The predicted molar refractivity (Wildman–Crippen MR) is 92.6 cm³/mol. The zero-order chi connectivity index (χ0) is 17.6. The van der Waals surface area contributed by atoms with Crippen LogP contribution in [0.15, 0.2) is 28.8 Å². The van der Waals surface area contributed by atoms with Crippen LogP contribution < -0.4 is 20.3 Å². The molecular weight excluding hydrogens is 322 g/mol. The van der Waals surface area contributed by atoms with E-state index in [-0.39, 0.29) is 12.6 Å². The van der Waals surface area contributed by atoms with Crippen molar-refractivity contribution in [2.75, 3.05) is 31.6 Å². The zero-order valence-corrected chi connectivity index (χ0v) is 14.5. The Kier molecular flexibility index (Phi) is 5.37. The van der Waals surface area contributed by atoms with Crippen LogP contribution in [0.1, 0.15) is 18.1 Å². The van der Waals surface area contributed by atoms with Crippen molar-refractivity contribution in [3.8, 4) is 5.75 Å². The molecule has 2 heterocycles. The number of nitrogens with zero attached hydrogens (tertiary/aromatic N) is 3. The molecule has 0 radical (unpaired) electrons. The number of carbonyl (C=O) groups is 1. The van der Waals surface area contributed by atoms with Crippen molar-refractivity contribution in [2.24, 2.45) is 5.92 Å². The number of aryl methyl sites for hydroxylation is 1. The Bertz CT molecular complexity index is 718. The second kappa shape index (κ2) is 7.87. The van der Waals surface area contributed by atoms with E-state index in [1.54, 1.807) is 14.0 Å². The van der Waals surface area contributed by atoms with E-state index in [9.17, 15) is 4.79 Å². The lowest BCUT2D eigenvalue weighted by Gasteiger charge is -2.21. The van der Waals surface area contributed by atoms with Gasteiger partial charge in [0.1, 0.15) is 5.75 Å². The van der Waals surface area contributed by atoms with Gasteiger partial charge in [0, 0.05) is 19.6 Å². The minimum atomic E-state index is -0.230. The first-order valence-electron chi connectivity index (χ1n) is 8.34. The molecule has 134 valence electrons. The predicted octanol–water partition coefficient (Wildman–Crippen LogP) is 1.71. The summed E-state index contributed by atoms with van der Waals surface area (Å²) in [5.41, 5.74) is 1.10. The summed E-state index contributed by atoms with van der Waals surface area (Å²) >= 11 is 0. The molecule has 0 spiro atoms. The maximum Gasteiger partial charge on any atom is 0.315 e. The number of ether oxygens (including phenoxy) is 1. The number of rotatable bonds is 6. The molecule has 1 unspecified atom stereocenters. The minimum Gasteiger partial charge on any atom is -0.495 e. The monoisotopic (exact) mass is 345 g/mol. The van der Waals surface area contributed by atoms with Crippen molar-refractivity contribution < 1.29 is 14.1 Å². The molecule has 1 aliphatic rings. The number of methoxy groups -OCH3 is 1. The Morgan fingerprint density at radius 1 is 1.40 bits per heavy atom. The Morgan fingerprint density at radius 3 is 3.00 bits per heavy atom. The highest BCUT2D eigenvalue weighted by Gasteiger charge is 2.24. The standard InChI is InChI=1S/C17H23N5O3/c1-12-20-16(25-21-12)10-19-17(23)18-9-13-7-8-22(11-13)14-5-3-4-6-15(14)24-2/h3-6,13H,7-11H2,1-2H3,(H2,18,19,23). The average Bonchev–Trinajstić information content (AvgIpc) is 3.27. The molecule has 0 aliphatic carbocycles. The van der Waals surface area contributed by atoms with Crippen LogP contribution in [0.25, 0.3) is 0 Å². The average molecular weight is 345 g/mol. The number of nitrogens with one attached hydrogen (secondary N) is 2. The fourth-order valence-electron chi connectivity index (χ4n) is 2.98. The Labute approximate surface area is 146 Å². The number of aromatic nitrogens is 2. The molecule has 2 aromatic rings. The van der Waals surface area contributed by atoms with Crippen molar-refractivity contribution in [2.45, 2.75) is 19.9 Å². The summed E-state index contributed by atoms with van der Waals surface area (Å²) in [6.07, 6.45) is 1.03. The molecule has 1 fully saturated rings. The van der Waals surface area contributed by atoms with Gasteiger partial charge in [-0.1, -0.05) is 17.3 Å². The van der Waals surface area contributed by atoms with E-state index in [1.807, 2.05) is 18.2 Å². The van der Waals surface area contributed by atoms with Crippen molar-refractivity contribution in [3.63, 3.8) is 0 Å². The van der Waals surface area contributed by atoms with E-state index in [0.29, 0.717) is 24.2 Å². The molecule has 0 saturated carbocycles. The van der Waals surface area contributed by atoms with Crippen molar-refractivity contribution in [3.05, 3.63) is 36.0 Å². The van der Waals surface area contributed by atoms with Crippen LogP contribution in [-0.4, -0.2) is 42.9 Å². The number of hydrogen-bond acceptors (Lipinski definition) is 6. The fourth-order valence-corrected chi connectivity index (χ4v) is 2.98.